The van der Waals surface area contributed by atoms with E-state index in [4.69, 9.17) is 0 Å². The first-order chi connectivity index (χ1) is 14.9. The number of rotatable bonds is 6. The van der Waals surface area contributed by atoms with Crippen molar-refractivity contribution in [3.63, 3.8) is 0 Å². The van der Waals surface area contributed by atoms with E-state index in [1.165, 1.54) is 23.1 Å². The minimum atomic E-state index is -4.14. The van der Waals surface area contributed by atoms with Gasteiger partial charge in [0.05, 0.1) is 5.56 Å². The summed E-state index contributed by atoms with van der Waals surface area (Å²) in [6.45, 7) is 6.47. The standard InChI is InChI=1S/C23H27N3O5S/c1-16(21(28)24-23(2,3)4)25(14-17-10-6-5-7-11-17)20(27)15-26-22(29)18-12-8-9-13-19(18)32(26,30)31/h5-13,16H,14-15H2,1-4H3,(H,24,28)/t16-/m0/s1. The first kappa shape index (κ1) is 23.5. The first-order valence-corrected chi connectivity index (χ1v) is 11.7. The van der Waals surface area contributed by atoms with Crippen LogP contribution in [0.1, 0.15) is 43.6 Å². The van der Waals surface area contributed by atoms with Crippen molar-refractivity contribution in [3.05, 3.63) is 65.7 Å². The van der Waals surface area contributed by atoms with Crippen LogP contribution in [0.2, 0.25) is 0 Å². The van der Waals surface area contributed by atoms with Crippen LogP contribution in [0.3, 0.4) is 0 Å². The molecule has 0 spiro atoms. The van der Waals surface area contributed by atoms with Gasteiger partial charge in [0.1, 0.15) is 17.5 Å². The summed E-state index contributed by atoms with van der Waals surface area (Å²) in [6, 6.07) is 14.0. The molecule has 3 rings (SSSR count). The molecular weight excluding hydrogens is 430 g/mol. The molecule has 0 radical (unpaired) electrons. The third-order valence-electron chi connectivity index (χ3n) is 5.05. The summed E-state index contributed by atoms with van der Waals surface area (Å²) in [5.74, 6) is -1.77. The van der Waals surface area contributed by atoms with E-state index < -0.39 is 40.0 Å². The van der Waals surface area contributed by atoms with Crippen LogP contribution in [-0.4, -0.2) is 53.5 Å². The Morgan fingerprint density at radius 3 is 2.22 bits per heavy atom. The monoisotopic (exact) mass is 457 g/mol. The van der Waals surface area contributed by atoms with Crippen LogP contribution >= 0.6 is 0 Å². The summed E-state index contributed by atoms with van der Waals surface area (Å²) < 4.78 is 26.3. The number of hydrogen-bond donors (Lipinski definition) is 1. The zero-order chi connectivity index (χ0) is 23.7. The zero-order valence-corrected chi connectivity index (χ0v) is 19.3. The molecule has 0 bridgehead atoms. The third-order valence-corrected chi connectivity index (χ3v) is 6.84. The van der Waals surface area contributed by atoms with E-state index >= 15 is 0 Å². The molecule has 170 valence electrons. The normalized spacial score (nSPS) is 15.8. The summed E-state index contributed by atoms with van der Waals surface area (Å²) in [4.78, 5) is 40.0. The zero-order valence-electron chi connectivity index (χ0n) is 18.5. The molecule has 2 aromatic rings. The van der Waals surface area contributed by atoms with Crippen LogP contribution in [0.5, 0.6) is 0 Å². The fourth-order valence-corrected chi connectivity index (χ4v) is 4.96. The molecule has 1 aliphatic rings. The summed E-state index contributed by atoms with van der Waals surface area (Å²) >= 11 is 0. The van der Waals surface area contributed by atoms with Gasteiger partial charge in [-0.15, -0.1) is 0 Å². The van der Waals surface area contributed by atoms with Crippen LogP contribution in [0.15, 0.2) is 59.5 Å². The van der Waals surface area contributed by atoms with Crippen LogP contribution < -0.4 is 5.32 Å². The van der Waals surface area contributed by atoms with Gasteiger partial charge in [0.15, 0.2) is 0 Å². The highest BCUT2D eigenvalue weighted by atomic mass is 32.2. The fraction of sp³-hybridized carbons (Fsp3) is 0.348. The second-order valence-corrected chi connectivity index (χ2v) is 10.6. The molecular formula is C23H27N3O5S. The minimum absolute atomic E-state index is 0.0356. The summed E-state index contributed by atoms with van der Waals surface area (Å²) in [7, 11) is -4.14. The van der Waals surface area contributed by atoms with Gasteiger partial charge < -0.3 is 10.2 Å². The van der Waals surface area contributed by atoms with Crippen molar-refractivity contribution in [3.8, 4) is 0 Å². The topological polar surface area (TPSA) is 104 Å². The van der Waals surface area contributed by atoms with Crippen molar-refractivity contribution in [1.29, 1.82) is 0 Å². The Labute approximate surface area is 188 Å². The lowest BCUT2D eigenvalue weighted by Crippen LogP contribution is -2.54. The largest absolute Gasteiger partial charge is 0.350 e. The molecule has 0 saturated carbocycles. The van der Waals surface area contributed by atoms with Crippen molar-refractivity contribution in [2.24, 2.45) is 0 Å². The minimum Gasteiger partial charge on any atom is -0.350 e. The molecule has 1 aliphatic heterocycles. The van der Waals surface area contributed by atoms with E-state index in [9.17, 15) is 22.8 Å². The average Bonchev–Trinajstić information content (AvgIpc) is 2.92. The van der Waals surface area contributed by atoms with Gasteiger partial charge in [0, 0.05) is 12.1 Å². The van der Waals surface area contributed by atoms with Gasteiger partial charge in [-0.1, -0.05) is 42.5 Å². The Hall–Kier alpha value is -3.20. The molecule has 0 aromatic heterocycles. The van der Waals surface area contributed by atoms with E-state index in [-0.39, 0.29) is 22.9 Å². The number of benzene rings is 2. The Bertz CT molecular complexity index is 1140. The van der Waals surface area contributed by atoms with E-state index in [0.29, 0.717) is 4.31 Å². The molecule has 0 aliphatic carbocycles. The van der Waals surface area contributed by atoms with Gasteiger partial charge in [-0.25, -0.2) is 12.7 Å². The number of fused-ring (bicyclic) bond motifs is 1. The van der Waals surface area contributed by atoms with Crippen LogP contribution in [-0.2, 0) is 26.2 Å². The van der Waals surface area contributed by atoms with Gasteiger partial charge in [-0.2, -0.15) is 0 Å². The van der Waals surface area contributed by atoms with Crippen molar-refractivity contribution < 1.29 is 22.8 Å². The smallest absolute Gasteiger partial charge is 0.269 e. The molecule has 0 saturated heterocycles. The molecule has 32 heavy (non-hydrogen) atoms. The SMILES string of the molecule is C[C@@H](C(=O)NC(C)(C)C)N(Cc1ccccc1)C(=O)CN1C(=O)c2ccccc2S1(=O)=O. The van der Waals surface area contributed by atoms with Crippen LogP contribution in [0.25, 0.3) is 0 Å². The van der Waals surface area contributed by atoms with Gasteiger partial charge in [-0.05, 0) is 45.4 Å². The van der Waals surface area contributed by atoms with Gasteiger partial charge in [0.2, 0.25) is 11.8 Å². The van der Waals surface area contributed by atoms with Crippen LogP contribution in [0.4, 0.5) is 0 Å². The number of carbonyl (C=O) groups is 3. The maximum atomic E-state index is 13.3. The van der Waals surface area contributed by atoms with E-state index in [2.05, 4.69) is 5.32 Å². The number of sulfonamides is 1. The molecule has 1 N–H and O–H groups in total. The van der Waals surface area contributed by atoms with Gasteiger partial charge in [-0.3, -0.25) is 14.4 Å². The van der Waals surface area contributed by atoms with Crippen molar-refractivity contribution >= 4 is 27.7 Å². The molecule has 0 unspecified atom stereocenters. The van der Waals surface area contributed by atoms with E-state index in [0.717, 1.165) is 5.56 Å². The van der Waals surface area contributed by atoms with E-state index in [1.807, 2.05) is 51.1 Å². The molecule has 1 atom stereocenters. The van der Waals surface area contributed by atoms with Crippen molar-refractivity contribution in [1.82, 2.24) is 14.5 Å². The van der Waals surface area contributed by atoms with Crippen molar-refractivity contribution in [2.45, 2.75) is 50.7 Å². The molecule has 2 aromatic carbocycles. The molecule has 1 heterocycles. The van der Waals surface area contributed by atoms with Crippen LogP contribution in [0, 0.1) is 0 Å². The highest BCUT2D eigenvalue weighted by molar-refractivity contribution is 7.90. The quantitative estimate of drug-likeness (QED) is 0.716. The van der Waals surface area contributed by atoms with E-state index in [1.54, 1.807) is 13.0 Å². The average molecular weight is 458 g/mol. The lowest BCUT2D eigenvalue weighted by Gasteiger charge is -2.32. The maximum Gasteiger partial charge on any atom is 0.269 e. The third kappa shape index (κ3) is 4.83. The predicted molar refractivity (Wildman–Crippen MR) is 119 cm³/mol. The Balaban J connectivity index is 1.89. The second kappa shape index (κ2) is 8.74. The summed E-state index contributed by atoms with van der Waals surface area (Å²) in [6.07, 6.45) is 0. The Morgan fingerprint density at radius 1 is 1.03 bits per heavy atom. The molecule has 9 heteroatoms. The second-order valence-electron chi connectivity index (χ2n) is 8.74. The number of amides is 3. The van der Waals surface area contributed by atoms with Gasteiger partial charge >= 0.3 is 0 Å². The summed E-state index contributed by atoms with van der Waals surface area (Å²) in [5, 5.41) is 2.84. The fourth-order valence-electron chi connectivity index (χ4n) is 3.44. The number of hydrogen-bond acceptors (Lipinski definition) is 5. The number of nitrogens with zero attached hydrogens (tertiary/aromatic N) is 2. The lowest BCUT2D eigenvalue weighted by molar-refractivity contribution is -0.141. The predicted octanol–water partition coefficient (Wildman–Crippen LogP) is 2.16. The highest BCUT2D eigenvalue weighted by Gasteiger charge is 2.43. The van der Waals surface area contributed by atoms with Crippen molar-refractivity contribution in [2.75, 3.05) is 6.54 Å². The molecule has 0 fully saturated rings. The summed E-state index contributed by atoms with van der Waals surface area (Å²) in [5.41, 5.74) is 0.298. The number of nitrogens with one attached hydrogen (secondary N) is 1. The molecule has 8 nitrogen and oxygen atoms in total. The van der Waals surface area contributed by atoms with Gasteiger partial charge in [0.25, 0.3) is 15.9 Å². The highest BCUT2D eigenvalue weighted by Crippen LogP contribution is 2.30. The maximum absolute atomic E-state index is 13.3. The first-order valence-electron chi connectivity index (χ1n) is 10.2. The Morgan fingerprint density at radius 2 is 1.62 bits per heavy atom. The molecule has 3 amide bonds. The lowest BCUT2D eigenvalue weighted by atomic mass is 10.1. The number of carbonyl (C=O) groups excluding carboxylic acids is 3. The Kier molecular flexibility index (Phi) is 6.41.